The smallest absolute Gasteiger partial charge is 0.224 e. The number of benzene rings is 2. The van der Waals surface area contributed by atoms with Crippen molar-refractivity contribution in [3.05, 3.63) is 64.0 Å². The van der Waals surface area contributed by atoms with Gasteiger partial charge in [-0.3, -0.25) is 20.9 Å². The van der Waals surface area contributed by atoms with E-state index in [0.29, 0.717) is 30.2 Å². The van der Waals surface area contributed by atoms with Crippen LogP contribution in [0.4, 0.5) is 5.69 Å². The van der Waals surface area contributed by atoms with Gasteiger partial charge in [-0.1, -0.05) is 13.8 Å². The van der Waals surface area contributed by atoms with Crippen LogP contribution in [-0.2, 0) is 4.79 Å². The number of ether oxygens (including phenoxy) is 1. The molecule has 1 aromatic heterocycles. The highest BCUT2D eigenvalue weighted by molar-refractivity contribution is 7.12. The van der Waals surface area contributed by atoms with Crippen molar-refractivity contribution >= 4 is 28.8 Å². The van der Waals surface area contributed by atoms with Gasteiger partial charge in [-0.2, -0.15) is 0 Å². The van der Waals surface area contributed by atoms with Crippen LogP contribution in [0, 0.1) is 12.3 Å². The van der Waals surface area contributed by atoms with Crippen LogP contribution in [0.25, 0.3) is 11.3 Å². The molecule has 33 heavy (non-hydrogen) atoms. The van der Waals surface area contributed by atoms with E-state index in [-0.39, 0.29) is 11.7 Å². The number of nitrogens with one attached hydrogen (secondary N) is 3. The van der Waals surface area contributed by atoms with E-state index in [1.807, 2.05) is 31.2 Å². The molecule has 0 aliphatic heterocycles. The summed E-state index contributed by atoms with van der Waals surface area (Å²) < 4.78 is 5.83. The van der Waals surface area contributed by atoms with Gasteiger partial charge in [0.25, 0.3) is 0 Å². The number of thiazole rings is 1. The van der Waals surface area contributed by atoms with Crippen LogP contribution in [0.5, 0.6) is 5.75 Å². The summed E-state index contributed by atoms with van der Waals surface area (Å²) in [5.41, 5.74) is 5.14. The summed E-state index contributed by atoms with van der Waals surface area (Å²) >= 11 is 1.75. The molecule has 174 valence electrons. The van der Waals surface area contributed by atoms with Gasteiger partial charge in [-0.05, 0) is 74.2 Å². The molecule has 8 heteroatoms. The highest BCUT2D eigenvalue weighted by Crippen LogP contribution is 2.34. The van der Waals surface area contributed by atoms with Gasteiger partial charge in [0.05, 0.1) is 17.3 Å². The number of hydrogen-bond acceptors (Lipinski definition) is 6. The molecule has 2 aromatic carbocycles. The van der Waals surface area contributed by atoms with Gasteiger partial charge >= 0.3 is 0 Å². The molecule has 0 fully saturated rings. The summed E-state index contributed by atoms with van der Waals surface area (Å²) in [4.78, 5) is 18.1. The van der Waals surface area contributed by atoms with Crippen LogP contribution in [0.1, 0.15) is 54.5 Å². The number of nitrogens with zero attached hydrogens (tertiary/aromatic N) is 1. The molecule has 0 bridgehead atoms. The van der Waals surface area contributed by atoms with Crippen molar-refractivity contribution in [3.8, 4) is 17.0 Å². The van der Waals surface area contributed by atoms with Gasteiger partial charge in [-0.15, -0.1) is 11.3 Å². The zero-order valence-electron chi connectivity index (χ0n) is 19.1. The minimum atomic E-state index is -0.0962. The summed E-state index contributed by atoms with van der Waals surface area (Å²) in [6, 6.07) is 14.7. The third kappa shape index (κ3) is 6.87. The second-order valence-electron chi connectivity index (χ2n) is 8.04. The van der Waals surface area contributed by atoms with Crippen LogP contribution in [0.3, 0.4) is 0 Å². The number of rotatable bonds is 10. The van der Waals surface area contributed by atoms with Crippen LogP contribution in [0.15, 0.2) is 48.5 Å². The number of amides is 1. The molecule has 0 spiro atoms. The lowest BCUT2D eigenvalue weighted by Crippen LogP contribution is -2.18. The first-order valence-corrected chi connectivity index (χ1v) is 11.8. The van der Waals surface area contributed by atoms with Crippen molar-refractivity contribution in [2.24, 2.45) is 0 Å². The molecule has 1 heterocycles. The molecule has 4 N–H and O–H groups in total. The largest absolute Gasteiger partial charge is 0.494 e. The molecule has 3 rings (SSSR count). The summed E-state index contributed by atoms with van der Waals surface area (Å²) in [7, 11) is 0. The first-order chi connectivity index (χ1) is 15.9. The number of aromatic nitrogens is 1. The average molecular weight is 467 g/mol. The normalized spacial score (nSPS) is 10.8. The number of carbonyl (C=O) groups excluding carboxylic acids is 1. The van der Waals surface area contributed by atoms with Crippen LogP contribution < -0.4 is 15.5 Å². The summed E-state index contributed by atoms with van der Waals surface area (Å²) in [6.45, 7) is 6.96. The van der Waals surface area contributed by atoms with E-state index in [1.54, 1.807) is 41.1 Å². The molecule has 3 aromatic rings. The van der Waals surface area contributed by atoms with Crippen molar-refractivity contribution in [2.45, 2.75) is 46.0 Å². The van der Waals surface area contributed by atoms with E-state index in [1.165, 1.54) is 4.88 Å². The van der Waals surface area contributed by atoms with Crippen molar-refractivity contribution in [2.75, 3.05) is 11.9 Å². The molecule has 0 aliphatic rings. The maximum atomic E-state index is 12.1. The van der Waals surface area contributed by atoms with Crippen molar-refractivity contribution in [1.82, 2.24) is 10.5 Å². The molecule has 0 saturated heterocycles. The Hall–Kier alpha value is -3.23. The van der Waals surface area contributed by atoms with Gasteiger partial charge in [0, 0.05) is 28.1 Å². The van der Waals surface area contributed by atoms with E-state index >= 15 is 0 Å². The monoisotopic (exact) mass is 466 g/mol. The topological polar surface area (TPSA) is 107 Å². The summed E-state index contributed by atoms with van der Waals surface area (Å²) in [6.07, 6.45) is 1.90. The Morgan fingerprint density at radius 2 is 1.82 bits per heavy atom. The van der Waals surface area contributed by atoms with Gasteiger partial charge in [-0.25, -0.2) is 4.98 Å². The predicted molar refractivity (Wildman–Crippen MR) is 133 cm³/mol. The fourth-order valence-corrected chi connectivity index (χ4v) is 4.29. The zero-order chi connectivity index (χ0) is 23.8. The Morgan fingerprint density at radius 3 is 2.45 bits per heavy atom. The SMILES string of the molecule is Cc1nc(-c2ccc(OCCCCC(=O)Nc3ccc(C(=N)NO)cc3)cc2)c(C(C)C)s1. The minimum Gasteiger partial charge on any atom is -0.494 e. The molecule has 0 atom stereocenters. The van der Waals surface area contributed by atoms with Crippen molar-refractivity contribution in [1.29, 1.82) is 5.41 Å². The highest BCUT2D eigenvalue weighted by Gasteiger charge is 2.14. The van der Waals surface area contributed by atoms with E-state index < -0.39 is 0 Å². The fourth-order valence-electron chi connectivity index (χ4n) is 3.34. The molecule has 0 saturated carbocycles. The van der Waals surface area contributed by atoms with E-state index in [4.69, 9.17) is 20.3 Å². The van der Waals surface area contributed by atoms with Crippen molar-refractivity contribution in [3.63, 3.8) is 0 Å². The predicted octanol–water partition coefficient (Wildman–Crippen LogP) is 5.73. The lowest BCUT2D eigenvalue weighted by Gasteiger charge is -2.09. The van der Waals surface area contributed by atoms with E-state index in [0.717, 1.165) is 34.9 Å². The van der Waals surface area contributed by atoms with Crippen LogP contribution >= 0.6 is 11.3 Å². The van der Waals surface area contributed by atoms with Crippen LogP contribution in [0.2, 0.25) is 0 Å². The molecule has 0 aliphatic carbocycles. The summed E-state index contributed by atoms with van der Waals surface area (Å²) in [5, 5.41) is 20.2. The number of unbranched alkanes of at least 4 members (excludes halogenated alkanes) is 1. The Labute approximate surface area is 198 Å². The van der Waals surface area contributed by atoms with Crippen molar-refractivity contribution < 1.29 is 14.7 Å². The maximum absolute atomic E-state index is 12.1. The summed E-state index contributed by atoms with van der Waals surface area (Å²) in [5.74, 6) is 1.09. The lowest BCUT2D eigenvalue weighted by atomic mass is 10.1. The lowest BCUT2D eigenvalue weighted by molar-refractivity contribution is -0.116. The van der Waals surface area contributed by atoms with E-state index in [2.05, 4.69) is 19.2 Å². The standard InChI is InChI=1S/C25H30N4O3S/c1-16(2)24-23(27-17(3)33-24)18-9-13-21(14-10-18)32-15-5-4-6-22(30)28-20-11-7-19(8-12-20)25(26)29-31/h7-14,16,31H,4-6,15H2,1-3H3,(H2,26,29)(H,28,30). The number of hydrogen-bond donors (Lipinski definition) is 4. The van der Waals surface area contributed by atoms with Gasteiger partial charge in [0.1, 0.15) is 11.6 Å². The first-order valence-electron chi connectivity index (χ1n) is 11.0. The van der Waals surface area contributed by atoms with Gasteiger partial charge in [0.15, 0.2) is 0 Å². The first kappa shape index (κ1) is 24.4. The molecular formula is C25H30N4O3S. The Bertz CT molecular complexity index is 1080. The molecule has 7 nitrogen and oxygen atoms in total. The minimum absolute atomic E-state index is 0.0676. The number of amidine groups is 1. The number of hydroxylamine groups is 1. The second kappa shape index (κ2) is 11.6. The molecule has 0 unspecified atom stereocenters. The molecule has 0 radical (unpaired) electrons. The number of carbonyl (C=O) groups is 1. The second-order valence-corrected chi connectivity index (χ2v) is 9.28. The average Bonchev–Trinajstić information content (AvgIpc) is 3.21. The Balaban J connectivity index is 1.39. The Kier molecular flexibility index (Phi) is 8.57. The van der Waals surface area contributed by atoms with Crippen LogP contribution in [-0.4, -0.2) is 28.5 Å². The zero-order valence-corrected chi connectivity index (χ0v) is 20.0. The number of aryl methyl sites for hydroxylation is 1. The molecular weight excluding hydrogens is 436 g/mol. The Morgan fingerprint density at radius 1 is 1.12 bits per heavy atom. The maximum Gasteiger partial charge on any atom is 0.224 e. The highest BCUT2D eigenvalue weighted by atomic mass is 32.1. The third-order valence-electron chi connectivity index (χ3n) is 5.05. The number of anilines is 1. The quantitative estimate of drug-likeness (QED) is 0.132. The van der Waals surface area contributed by atoms with Gasteiger partial charge in [0.2, 0.25) is 5.91 Å². The fraction of sp³-hybridized carbons (Fsp3) is 0.320. The van der Waals surface area contributed by atoms with E-state index in [9.17, 15) is 4.79 Å². The third-order valence-corrected chi connectivity index (χ3v) is 6.32. The molecule has 1 amide bonds. The van der Waals surface area contributed by atoms with Gasteiger partial charge < -0.3 is 10.1 Å².